The molecule has 2 aromatic rings. The van der Waals surface area contributed by atoms with Crippen LogP contribution >= 0.6 is 23.1 Å². The molecule has 1 aromatic carbocycles. The van der Waals surface area contributed by atoms with E-state index in [4.69, 9.17) is 0 Å². The van der Waals surface area contributed by atoms with Gasteiger partial charge in [0.05, 0.1) is 5.75 Å². The van der Waals surface area contributed by atoms with E-state index in [9.17, 15) is 0 Å². The van der Waals surface area contributed by atoms with Crippen molar-refractivity contribution in [3.8, 4) is 0 Å². The average Bonchev–Trinajstić information content (AvgIpc) is 3.14. The Balaban J connectivity index is 1.53. The average molecular weight is 290 g/mol. The lowest BCUT2D eigenvalue weighted by atomic mass is 10.2. The molecule has 1 fully saturated rings. The van der Waals surface area contributed by atoms with Crippen LogP contribution in [0.25, 0.3) is 0 Å². The molecule has 3 rings (SSSR count). The van der Waals surface area contributed by atoms with Gasteiger partial charge in [-0.1, -0.05) is 18.2 Å². The number of nitrogens with zero attached hydrogens (tertiary/aromatic N) is 1. The minimum absolute atomic E-state index is 0.770. The number of hydrogen-bond donors (Lipinski definition) is 1. The third-order valence-electron chi connectivity index (χ3n) is 3.19. The maximum atomic E-state index is 4.52. The summed E-state index contributed by atoms with van der Waals surface area (Å²) in [7, 11) is 0. The summed E-state index contributed by atoms with van der Waals surface area (Å²) in [5.74, 6) is 0.971. The Hall–Kier alpha value is -0.840. The summed E-state index contributed by atoms with van der Waals surface area (Å²) in [6.07, 6.45) is 4.71. The first-order valence-electron chi connectivity index (χ1n) is 6.66. The van der Waals surface area contributed by atoms with E-state index in [2.05, 4.69) is 41.5 Å². The Morgan fingerprint density at radius 1 is 1.37 bits per heavy atom. The normalized spacial score (nSPS) is 14.8. The van der Waals surface area contributed by atoms with Crippen LogP contribution in [0.5, 0.6) is 0 Å². The van der Waals surface area contributed by atoms with Crippen molar-refractivity contribution >= 4 is 23.1 Å². The molecule has 0 spiro atoms. The van der Waals surface area contributed by atoms with Gasteiger partial charge in [0.25, 0.3) is 0 Å². The number of rotatable bonds is 6. The maximum absolute atomic E-state index is 4.52. The van der Waals surface area contributed by atoms with Crippen molar-refractivity contribution in [3.05, 3.63) is 45.9 Å². The van der Waals surface area contributed by atoms with Crippen LogP contribution in [0.15, 0.2) is 35.4 Å². The number of aromatic nitrogens is 1. The lowest BCUT2D eigenvalue weighted by Gasteiger charge is -2.02. The topological polar surface area (TPSA) is 24.9 Å². The molecule has 1 saturated carbocycles. The van der Waals surface area contributed by atoms with Gasteiger partial charge in [0.2, 0.25) is 0 Å². The molecule has 19 heavy (non-hydrogen) atoms. The van der Waals surface area contributed by atoms with Crippen LogP contribution in [0.1, 0.15) is 28.3 Å². The van der Waals surface area contributed by atoms with Gasteiger partial charge in [0.15, 0.2) is 0 Å². The van der Waals surface area contributed by atoms with E-state index in [1.807, 2.05) is 29.3 Å². The molecule has 1 aromatic heterocycles. The third-order valence-corrected chi connectivity index (χ3v) is 5.56. The second-order valence-electron chi connectivity index (χ2n) is 4.93. The Kier molecular flexibility index (Phi) is 4.21. The zero-order chi connectivity index (χ0) is 13.1. The Labute approximate surface area is 122 Å². The van der Waals surface area contributed by atoms with Crippen LogP contribution in [0.3, 0.4) is 0 Å². The molecule has 100 valence electrons. The van der Waals surface area contributed by atoms with Gasteiger partial charge in [-0.05, 0) is 31.4 Å². The molecule has 0 saturated heterocycles. The molecule has 0 aliphatic heterocycles. The van der Waals surface area contributed by atoms with Crippen LogP contribution in [0.4, 0.5) is 0 Å². The summed E-state index contributed by atoms with van der Waals surface area (Å²) >= 11 is 3.71. The van der Waals surface area contributed by atoms with Crippen LogP contribution in [0.2, 0.25) is 0 Å². The summed E-state index contributed by atoms with van der Waals surface area (Å²) in [6.45, 7) is 3.15. The van der Waals surface area contributed by atoms with E-state index in [0.717, 1.165) is 18.3 Å². The number of benzene rings is 1. The molecule has 1 aliphatic carbocycles. The predicted molar refractivity (Wildman–Crippen MR) is 82.7 cm³/mol. The number of thioether (sulfide) groups is 1. The molecule has 2 nitrogen and oxygen atoms in total. The number of thiazole rings is 1. The fraction of sp³-hybridized carbons (Fsp3) is 0.400. The molecule has 0 radical (unpaired) electrons. The van der Waals surface area contributed by atoms with Crippen molar-refractivity contribution in [2.75, 3.05) is 0 Å². The smallest absolute Gasteiger partial charge is 0.103 e. The summed E-state index contributed by atoms with van der Waals surface area (Å²) in [5, 5.41) is 4.76. The van der Waals surface area contributed by atoms with Crippen molar-refractivity contribution in [3.63, 3.8) is 0 Å². The van der Waals surface area contributed by atoms with Crippen LogP contribution in [0, 0.1) is 6.92 Å². The summed E-state index contributed by atoms with van der Waals surface area (Å²) in [6, 6.07) is 9.30. The predicted octanol–water partition coefficient (Wildman–Crippen LogP) is 4.00. The fourth-order valence-electron chi connectivity index (χ4n) is 1.89. The standard InChI is InChI=1S/C15H18N2S2/c1-11-4-2-3-5-14(11)18-10-15-17-9-13(19-15)8-16-12-6-7-12/h2-5,9,12,16H,6-8,10H2,1H3. The number of nitrogens with one attached hydrogen (secondary N) is 1. The Morgan fingerprint density at radius 2 is 2.21 bits per heavy atom. The van der Waals surface area contributed by atoms with Gasteiger partial charge in [0, 0.05) is 28.6 Å². The molecular formula is C15H18N2S2. The highest BCUT2D eigenvalue weighted by Gasteiger charge is 2.20. The molecule has 0 amide bonds. The molecule has 4 heteroatoms. The van der Waals surface area contributed by atoms with Gasteiger partial charge in [-0.15, -0.1) is 23.1 Å². The Bertz CT molecular complexity index is 547. The van der Waals surface area contributed by atoms with E-state index < -0.39 is 0 Å². The van der Waals surface area contributed by atoms with Gasteiger partial charge in [-0.2, -0.15) is 0 Å². The first kappa shape index (κ1) is 13.2. The van der Waals surface area contributed by atoms with Gasteiger partial charge < -0.3 is 5.32 Å². The summed E-state index contributed by atoms with van der Waals surface area (Å²) in [5.41, 5.74) is 1.35. The molecule has 0 bridgehead atoms. The molecular weight excluding hydrogens is 272 g/mol. The molecule has 1 N–H and O–H groups in total. The number of aryl methyl sites for hydroxylation is 1. The van der Waals surface area contributed by atoms with Gasteiger partial charge in [0.1, 0.15) is 5.01 Å². The van der Waals surface area contributed by atoms with Gasteiger partial charge >= 0.3 is 0 Å². The summed E-state index contributed by atoms with van der Waals surface area (Å²) in [4.78, 5) is 7.23. The van der Waals surface area contributed by atoms with Crippen LogP contribution in [-0.4, -0.2) is 11.0 Å². The van der Waals surface area contributed by atoms with Crippen LogP contribution in [-0.2, 0) is 12.3 Å². The van der Waals surface area contributed by atoms with Crippen LogP contribution < -0.4 is 5.32 Å². The highest BCUT2D eigenvalue weighted by molar-refractivity contribution is 7.98. The van der Waals surface area contributed by atoms with Gasteiger partial charge in [-0.25, -0.2) is 4.98 Å². The first-order chi connectivity index (χ1) is 9.31. The van der Waals surface area contributed by atoms with Crippen molar-refractivity contribution in [1.82, 2.24) is 10.3 Å². The van der Waals surface area contributed by atoms with E-state index >= 15 is 0 Å². The fourth-order valence-corrected chi connectivity index (χ4v) is 3.79. The van der Waals surface area contributed by atoms with Crippen molar-refractivity contribution in [2.24, 2.45) is 0 Å². The lowest BCUT2D eigenvalue weighted by Crippen LogP contribution is -2.14. The van der Waals surface area contributed by atoms with Crippen molar-refractivity contribution in [1.29, 1.82) is 0 Å². The minimum Gasteiger partial charge on any atom is -0.309 e. The van der Waals surface area contributed by atoms with Crippen molar-refractivity contribution < 1.29 is 0 Å². The monoisotopic (exact) mass is 290 g/mol. The zero-order valence-electron chi connectivity index (χ0n) is 11.1. The highest BCUT2D eigenvalue weighted by Crippen LogP contribution is 2.28. The number of hydrogen-bond acceptors (Lipinski definition) is 4. The maximum Gasteiger partial charge on any atom is 0.103 e. The van der Waals surface area contributed by atoms with Gasteiger partial charge in [-0.3, -0.25) is 0 Å². The molecule has 1 heterocycles. The first-order valence-corrected chi connectivity index (χ1v) is 8.47. The quantitative estimate of drug-likeness (QED) is 0.814. The summed E-state index contributed by atoms with van der Waals surface area (Å²) < 4.78 is 0. The Morgan fingerprint density at radius 3 is 3.00 bits per heavy atom. The second-order valence-corrected chi connectivity index (χ2v) is 7.15. The SMILES string of the molecule is Cc1ccccc1SCc1ncc(CNC2CC2)s1. The molecule has 0 unspecified atom stereocenters. The largest absolute Gasteiger partial charge is 0.309 e. The second kappa shape index (κ2) is 6.07. The molecule has 1 aliphatic rings. The lowest BCUT2D eigenvalue weighted by molar-refractivity contribution is 0.694. The van der Waals surface area contributed by atoms with E-state index in [-0.39, 0.29) is 0 Å². The van der Waals surface area contributed by atoms with Crippen molar-refractivity contribution in [2.45, 2.75) is 43.0 Å². The van der Waals surface area contributed by atoms with E-state index in [0.29, 0.717) is 0 Å². The minimum atomic E-state index is 0.770. The zero-order valence-corrected chi connectivity index (χ0v) is 12.7. The highest BCUT2D eigenvalue weighted by atomic mass is 32.2. The molecule has 0 atom stereocenters. The third kappa shape index (κ3) is 3.81. The van der Waals surface area contributed by atoms with E-state index in [1.165, 1.54) is 33.2 Å². The van der Waals surface area contributed by atoms with E-state index in [1.54, 1.807) is 0 Å².